The van der Waals surface area contributed by atoms with Gasteiger partial charge in [0.1, 0.15) is 23.7 Å². The molecule has 1 N–H and O–H groups in total. The summed E-state index contributed by atoms with van der Waals surface area (Å²) in [4.78, 5) is 11.1. The highest BCUT2D eigenvalue weighted by Gasteiger charge is 2.32. The predicted octanol–water partition coefficient (Wildman–Crippen LogP) is 6.06. The minimum atomic E-state index is -0.909. The molecule has 0 aliphatic carbocycles. The van der Waals surface area contributed by atoms with Crippen molar-refractivity contribution in [1.82, 2.24) is 0 Å². The van der Waals surface area contributed by atoms with Gasteiger partial charge in [-0.05, 0) is 78.9 Å². The van der Waals surface area contributed by atoms with Crippen molar-refractivity contribution in [3.63, 3.8) is 0 Å². The number of ether oxygens (including phenoxy) is 3. The number of hydrogen-bond donors (Lipinski definition) is 1. The van der Waals surface area contributed by atoms with Crippen LogP contribution < -0.4 is 14.2 Å². The molecule has 1 atom stereocenters. The Morgan fingerprint density at radius 1 is 1.15 bits per heavy atom. The summed E-state index contributed by atoms with van der Waals surface area (Å²) in [7, 11) is 1.64. The van der Waals surface area contributed by atoms with Crippen molar-refractivity contribution in [2.45, 2.75) is 45.8 Å². The summed E-state index contributed by atoms with van der Waals surface area (Å²) in [5, 5.41) is 9.09. The lowest BCUT2D eigenvalue weighted by molar-refractivity contribution is -0.141. The fourth-order valence-corrected chi connectivity index (χ4v) is 4.25. The molecule has 6 heteroatoms. The van der Waals surface area contributed by atoms with E-state index in [2.05, 4.69) is 6.07 Å². The highest BCUT2D eigenvalue weighted by atomic mass is 19.1. The van der Waals surface area contributed by atoms with Crippen LogP contribution in [0.3, 0.4) is 0 Å². The van der Waals surface area contributed by atoms with Crippen molar-refractivity contribution in [1.29, 1.82) is 0 Å². The highest BCUT2D eigenvalue weighted by molar-refractivity contribution is 5.70. The van der Waals surface area contributed by atoms with Crippen molar-refractivity contribution < 1.29 is 28.5 Å². The van der Waals surface area contributed by atoms with Gasteiger partial charge in [0.2, 0.25) is 0 Å². The molecule has 1 unspecified atom stereocenters. The number of fused-ring (bicyclic) bond motifs is 1. The summed E-state index contributed by atoms with van der Waals surface area (Å²) in [5.74, 6) is -0.348. The van der Waals surface area contributed by atoms with Gasteiger partial charge in [0.25, 0.3) is 0 Å². The van der Waals surface area contributed by atoms with E-state index in [4.69, 9.17) is 19.3 Å². The van der Waals surface area contributed by atoms with Gasteiger partial charge in [-0.3, -0.25) is 4.79 Å². The smallest absolute Gasteiger partial charge is 0.306 e. The van der Waals surface area contributed by atoms with E-state index in [0.717, 1.165) is 40.2 Å². The van der Waals surface area contributed by atoms with E-state index in [1.165, 1.54) is 6.07 Å². The van der Waals surface area contributed by atoms with E-state index in [1.807, 2.05) is 44.2 Å². The van der Waals surface area contributed by atoms with Crippen LogP contribution in [0.25, 0.3) is 11.1 Å². The Morgan fingerprint density at radius 3 is 2.65 bits per heavy atom. The maximum Gasteiger partial charge on any atom is 0.306 e. The summed E-state index contributed by atoms with van der Waals surface area (Å²) >= 11 is 0. The Morgan fingerprint density at radius 2 is 1.94 bits per heavy atom. The zero-order valence-corrected chi connectivity index (χ0v) is 19.9. The van der Waals surface area contributed by atoms with Crippen LogP contribution in [0, 0.1) is 11.7 Å². The van der Waals surface area contributed by atoms with Gasteiger partial charge in [-0.25, -0.2) is 4.39 Å². The summed E-state index contributed by atoms with van der Waals surface area (Å²) in [6, 6.07) is 16.6. The average molecular weight is 465 g/mol. The molecule has 1 heterocycles. The van der Waals surface area contributed by atoms with Crippen LogP contribution in [0.2, 0.25) is 0 Å². The van der Waals surface area contributed by atoms with Crippen molar-refractivity contribution in [3.8, 4) is 28.4 Å². The number of aliphatic carboxylic acids is 1. The number of methoxy groups -OCH3 is 1. The lowest BCUT2D eigenvalue weighted by atomic mass is 9.95. The van der Waals surface area contributed by atoms with Gasteiger partial charge in [-0.15, -0.1) is 0 Å². The first-order valence-electron chi connectivity index (χ1n) is 11.3. The molecule has 0 fully saturated rings. The average Bonchev–Trinajstić information content (AvgIpc) is 3.12. The van der Waals surface area contributed by atoms with E-state index >= 15 is 0 Å². The van der Waals surface area contributed by atoms with Crippen LogP contribution in [0.1, 0.15) is 37.5 Å². The van der Waals surface area contributed by atoms with E-state index in [0.29, 0.717) is 5.56 Å². The maximum atomic E-state index is 14.7. The molecule has 0 bridgehead atoms. The van der Waals surface area contributed by atoms with E-state index < -0.39 is 17.7 Å². The van der Waals surface area contributed by atoms with Gasteiger partial charge in [-0.1, -0.05) is 25.1 Å². The molecule has 34 heavy (non-hydrogen) atoms. The van der Waals surface area contributed by atoms with Crippen LogP contribution >= 0.6 is 0 Å². The zero-order chi connectivity index (χ0) is 24.5. The third-order valence-corrected chi connectivity index (χ3v) is 5.98. The second-order valence-corrected chi connectivity index (χ2v) is 9.39. The molecule has 0 aromatic heterocycles. The Labute approximate surface area is 199 Å². The third-order valence-electron chi connectivity index (χ3n) is 5.98. The molecule has 3 aromatic rings. The monoisotopic (exact) mass is 464 g/mol. The summed E-state index contributed by atoms with van der Waals surface area (Å²) in [6.45, 7) is 5.82. The molecule has 0 amide bonds. The first-order valence-corrected chi connectivity index (χ1v) is 11.3. The molecule has 1 aliphatic rings. The molecule has 0 saturated heterocycles. The van der Waals surface area contributed by atoms with E-state index in [1.54, 1.807) is 26.2 Å². The third kappa shape index (κ3) is 5.16. The van der Waals surface area contributed by atoms with Crippen LogP contribution in [-0.4, -0.2) is 23.8 Å². The van der Waals surface area contributed by atoms with Gasteiger partial charge in [0.05, 0.1) is 13.0 Å². The van der Waals surface area contributed by atoms with Gasteiger partial charge < -0.3 is 19.3 Å². The van der Waals surface area contributed by atoms with Gasteiger partial charge >= 0.3 is 5.97 Å². The standard InChI is InChI=1S/C28H29FO5/c1-17(27(30)31)10-18-8-9-25(24(29)11-18)33-16-22-13-20(19-6-5-7-23(14-19)32-4)12-21-15-28(2,3)34-26(21)22/h5-9,11-14,17H,10,15-16H2,1-4H3,(H,30,31). The van der Waals surface area contributed by atoms with E-state index in [-0.39, 0.29) is 24.4 Å². The number of benzene rings is 3. The quantitative estimate of drug-likeness (QED) is 0.439. The van der Waals surface area contributed by atoms with Crippen LogP contribution in [-0.2, 0) is 24.2 Å². The minimum absolute atomic E-state index is 0.115. The SMILES string of the molecule is COc1cccc(-c2cc(COc3ccc(CC(C)C(=O)O)cc3F)c3c(c2)CC(C)(C)O3)c1. The second-order valence-electron chi connectivity index (χ2n) is 9.39. The molecular weight excluding hydrogens is 435 g/mol. The number of hydrogen-bond acceptors (Lipinski definition) is 4. The molecule has 0 radical (unpaired) electrons. The van der Waals surface area contributed by atoms with Crippen molar-refractivity contribution >= 4 is 5.97 Å². The Hall–Kier alpha value is -3.54. The topological polar surface area (TPSA) is 65.0 Å². The first-order chi connectivity index (χ1) is 16.1. The maximum absolute atomic E-state index is 14.7. The van der Waals surface area contributed by atoms with Crippen LogP contribution in [0.15, 0.2) is 54.6 Å². The predicted molar refractivity (Wildman–Crippen MR) is 128 cm³/mol. The fourth-order valence-electron chi connectivity index (χ4n) is 4.25. The molecule has 4 rings (SSSR count). The van der Waals surface area contributed by atoms with Crippen molar-refractivity contribution in [2.75, 3.05) is 7.11 Å². The summed E-state index contributed by atoms with van der Waals surface area (Å²) in [5.41, 5.74) is 4.22. The minimum Gasteiger partial charge on any atom is -0.497 e. The Kier molecular flexibility index (Phi) is 6.51. The number of halogens is 1. The van der Waals surface area contributed by atoms with Crippen LogP contribution in [0.5, 0.6) is 17.2 Å². The van der Waals surface area contributed by atoms with Crippen molar-refractivity contribution in [2.24, 2.45) is 5.92 Å². The molecule has 178 valence electrons. The number of carboxylic acids is 1. The molecule has 5 nitrogen and oxygen atoms in total. The Balaban J connectivity index is 1.60. The van der Waals surface area contributed by atoms with Crippen molar-refractivity contribution in [3.05, 3.63) is 77.1 Å². The van der Waals surface area contributed by atoms with E-state index in [9.17, 15) is 9.18 Å². The summed E-state index contributed by atoms with van der Waals surface area (Å²) < 4.78 is 32.2. The van der Waals surface area contributed by atoms with Gasteiger partial charge in [0.15, 0.2) is 11.6 Å². The normalized spacial score (nSPS) is 14.7. The number of rotatable bonds is 8. The molecule has 1 aliphatic heterocycles. The molecule has 0 spiro atoms. The lowest BCUT2D eigenvalue weighted by Crippen LogP contribution is -2.25. The zero-order valence-electron chi connectivity index (χ0n) is 19.9. The molecule has 0 saturated carbocycles. The lowest BCUT2D eigenvalue weighted by Gasteiger charge is -2.19. The van der Waals surface area contributed by atoms with Gasteiger partial charge in [-0.2, -0.15) is 0 Å². The number of carboxylic acid groups (broad SMARTS) is 1. The molecular formula is C28H29FO5. The first kappa shape index (κ1) is 23.6. The van der Waals surface area contributed by atoms with Crippen LogP contribution in [0.4, 0.5) is 4.39 Å². The van der Waals surface area contributed by atoms with Gasteiger partial charge in [0, 0.05) is 12.0 Å². The summed E-state index contributed by atoms with van der Waals surface area (Å²) in [6.07, 6.45) is 1.02. The number of carbonyl (C=O) groups is 1. The molecule has 3 aromatic carbocycles. The largest absolute Gasteiger partial charge is 0.497 e. The Bertz CT molecular complexity index is 1220. The fraction of sp³-hybridized carbons (Fsp3) is 0.321. The second kappa shape index (κ2) is 9.37. The highest BCUT2D eigenvalue weighted by Crippen LogP contribution is 2.41.